The molecule has 0 aliphatic heterocycles. The van der Waals surface area contributed by atoms with Crippen LogP contribution < -0.4 is 10.5 Å². The van der Waals surface area contributed by atoms with Crippen molar-refractivity contribution in [1.29, 1.82) is 0 Å². The fourth-order valence-electron chi connectivity index (χ4n) is 1.69. The highest BCUT2D eigenvalue weighted by Gasteiger charge is 2.04. The zero-order valence-corrected chi connectivity index (χ0v) is 11.2. The molecule has 20 heavy (non-hydrogen) atoms. The van der Waals surface area contributed by atoms with Gasteiger partial charge in [-0.05, 0) is 24.1 Å². The van der Waals surface area contributed by atoms with Gasteiger partial charge in [-0.3, -0.25) is 0 Å². The van der Waals surface area contributed by atoms with Gasteiger partial charge >= 0.3 is 0 Å². The Balaban J connectivity index is 2.06. The van der Waals surface area contributed by atoms with Crippen molar-refractivity contribution in [2.75, 3.05) is 0 Å². The SMILES string of the molecule is CCCc1ccc(Oc2cnc(C(N)=NO)cn2)cc1. The number of aromatic nitrogens is 2. The van der Waals surface area contributed by atoms with E-state index >= 15 is 0 Å². The van der Waals surface area contributed by atoms with E-state index in [1.54, 1.807) is 0 Å². The van der Waals surface area contributed by atoms with Crippen LogP contribution in [0.15, 0.2) is 41.8 Å². The number of nitrogens with zero attached hydrogens (tertiary/aromatic N) is 3. The van der Waals surface area contributed by atoms with E-state index < -0.39 is 0 Å². The molecule has 0 fully saturated rings. The van der Waals surface area contributed by atoms with Gasteiger partial charge in [0.2, 0.25) is 5.88 Å². The van der Waals surface area contributed by atoms with Crippen molar-refractivity contribution in [3.63, 3.8) is 0 Å². The predicted octanol–water partition coefficient (Wildman–Crippen LogP) is 2.32. The van der Waals surface area contributed by atoms with E-state index in [-0.39, 0.29) is 11.5 Å². The number of aryl methyl sites for hydroxylation is 1. The highest BCUT2D eigenvalue weighted by molar-refractivity contribution is 5.94. The van der Waals surface area contributed by atoms with E-state index in [1.807, 2.05) is 24.3 Å². The van der Waals surface area contributed by atoms with Crippen LogP contribution in [0.5, 0.6) is 11.6 Å². The third-order valence-electron chi connectivity index (χ3n) is 2.68. The summed E-state index contributed by atoms with van der Waals surface area (Å²) in [5.74, 6) is 0.950. The predicted molar refractivity (Wildman–Crippen MR) is 75.1 cm³/mol. The Morgan fingerprint density at radius 1 is 1.25 bits per heavy atom. The van der Waals surface area contributed by atoms with Crippen molar-refractivity contribution < 1.29 is 9.94 Å². The van der Waals surface area contributed by atoms with Gasteiger partial charge in [-0.15, -0.1) is 0 Å². The molecule has 6 heteroatoms. The second-order valence-corrected chi connectivity index (χ2v) is 4.22. The fraction of sp³-hybridized carbons (Fsp3) is 0.214. The maximum atomic E-state index is 8.53. The second-order valence-electron chi connectivity index (χ2n) is 4.22. The third kappa shape index (κ3) is 3.44. The Bertz CT molecular complexity index is 579. The molecular weight excluding hydrogens is 256 g/mol. The van der Waals surface area contributed by atoms with E-state index in [2.05, 4.69) is 22.0 Å². The molecule has 2 aromatic rings. The first kappa shape index (κ1) is 13.8. The van der Waals surface area contributed by atoms with Crippen molar-refractivity contribution in [3.8, 4) is 11.6 Å². The van der Waals surface area contributed by atoms with E-state index in [0.29, 0.717) is 11.6 Å². The summed E-state index contributed by atoms with van der Waals surface area (Å²) in [6.07, 6.45) is 4.97. The van der Waals surface area contributed by atoms with Crippen LogP contribution in [0, 0.1) is 0 Å². The molecule has 0 unspecified atom stereocenters. The molecule has 1 aromatic carbocycles. The molecule has 1 heterocycles. The number of benzene rings is 1. The van der Waals surface area contributed by atoms with E-state index in [9.17, 15) is 0 Å². The molecular formula is C14H16N4O2. The number of hydrogen-bond donors (Lipinski definition) is 2. The van der Waals surface area contributed by atoms with Crippen LogP contribution in [-0.2, 0) is 6.42 Å². The van der Waals surface area contributed by atoms with Crippen molar-refractivity contribution in [2.24, 2.45) is 10.9 Å². The molecule has 104 valence electrons. The minimum Gasteiger partial charge on any atom is -0.438 e. The van der Waals surface area contributed by atoms with E-state index in [1.165, 1.54) is 18.0 Å². The Morgan fingerprint density at radius 2 is 2.00 bits per heavy atom. The van der Waals surface area contributed by atoms with Crippen LogP contribution in [0.4, 0.5) is 0 Å². The maximum Gasteiger partial charge on any atom is 0.237 e. The number of ether oxygens (including phenoxy) is 1. The summed E-state index contributed by atoms with van der Waals surface area (Å²) in [5, 5.41) is 11.4. The van der Waals surface area contributed by atoms with E-state index in [4.69, 9.17) is 15.7 Å². The summed E-state index contributed by atoms with van der Waals surface area (Å²) in [7, 11) is 0. The summed E-state index contributed by atoms with van der Waals surface area (Å²) in [6.45, 7) is 2.14. The van der Waals surface area contributed by atoms with Crippen molar-refractivity contribution in [3.05, 3.63) is 47.9 Å². The van der Waals surface area contributed by atoms with Gasteiger partial charge < -0.3 is 15.7 Å². The average Bonchev–Trinajstić information content (AvgIpc) is 2.49. The first-order chi connectivity index (χ1) is 9.72. The topological polar surface area (TPSA) is 93.6 Å². The standard InChI is InChI=1S/C14H16N4O2/c1-2-3-10-4-6-11(7-5-10)20-13-9-16-12(8-17-13)14(15)18-19/h4-9,19H,2-3H2,1H3,(H2,15,18). The van der Waals surface area contributed by atoms with E-state index in [0.717, 1.165) is 12.8 Å². The molecule has 0 saturated carbocycles. The van der Waals surface area contributed by atoms with Crippen LogP contribution >= 0.6 is 0 Å². The summed E-state index contributed by atoms with van der Waals surface area (Å²) in [5.41, 5.74) is 6.96. The number of amidine groups is 1. The highest BCUT2D eigenvalue weighted by atomic mass is 16.5. The minimum atomic E-state index is -0.0898. The summed E-state index contributed by atoms with van der Waals surface area (Å²) >= 11 is 0. The van der Waals surface area contributed by atoms with Crippen LogP contribution in [-0.4, -0.2) is 21.0 Å². The highest BCUT2D eigenvalue weighted by Crippen LogP contribution is 2.19. The quantitative estimate of drug-likeness (QED) is 0.377. The van der Waals surface area contributed by atoms with Crippen LogP contribution in [0.3, 0.4) is 0 Å². The normalized spacial score (nSPS) is 11.3. The van der Waals surface area contributed by atoms with Crippen molar-refractivity contribution >= 4 is 5.84 Å². The Kier molecular flexibility index (Phi) is 4.49. The number of rotatable bonds is 5. The summed E-state index contributed by atoms with van der Waals surface area (Å²) in [4.78, 5) is 8.03. The Hall–Kier alpha value is -2.63. The molecule has 0 aliphatic rings. The molecule has 0 aliphatic carbocycles. The monoisotopic (exact) mass is 272 g/mol. The number of oxime groups is 1. The van der Waals surface area contributed by atoms with Gasteiger partial charge in [-0.2, -0.15) is 0 Å². The maximum absolute atomic E-state index is 8.53. The zero-order valence-electron chi connectivity index (χ0n) is 11.2. The molecule has 0 bridgehead atoms. The van der Waals surface area contributed by atoms with Gasteiger partial charge in [0.15, 0.2) is 5.84 Å². The van der Waals surface area contributed by atoms with Crippen LogP contribution in [0.1, 0.15) is 24.6 Å². The molecule has 0 radical (unpaired) electrons. The lowest BCUT2D eigenvalue weighted by molar-refractivity contribution is 0.318. The molecule has 3 N–H and O–H groups in total. The number of hydrogen-bond acceptors (Lipinski definition) is 5. The molecule has 0 atom stereocenters. The Morgan fingerprint density at radius 3 is 2.55 bits per heavy atom. The lowest BCUT2D eigenvalue weighted by Gasteiger charge is -2.05. The zero-order chi connectivity index (χ0) is 14.4. The van der Waals surface area contributed by atoms with Gasteiger partial charge in [0.25, 0.3) is 0 Å². The fourth-order valence-corrected chi connectivity index (χ4v) is 1.69. The molecule has 0 amide bonds. The largest absolute Gasteiger partial charge is 0.438 e. The molecule has 0 saturated heterocycles. The molecule has 1 aromatic heterocycles. The molecule has 6 nitrogen and oxygen atoms in total. The summed E-state index contributed by atoms with van der Waals surface area (Å²) < 4.78 is 5.56. The van der Waals surface area contributed by atoms with Gasteiger partial charge in [0.05, 0.1) is 12.4 Å². The third-order valence-corrected chi connectivity index (χ3v) is 2.68. The first-order valence-corrected chi connectivity index (χ1v) is 6.29. The lowest BCUT2D eigenvalue weighted by atomic mass is 10.1. The first-order valence-electron chi connectivity index (χ1n) is 6.29. The molecule has 2 rings (SSSR count). The van der Waals surface area contributed by atoms with Gasteiger partial charge in [0.1, 0.15) is 11.4 Å². The smallest absolute Gasteiger partial charge is 0.237 e. The second kappa shape index (κ2) is 6.51. The van der Waals surface area contributed by atoms with Crippen molar-refractivity contribution in [1.82, 2.24) is 9.97 Å². The van der Waals surface area contributed by atoms with Crippen molar-refractivity contribution in [2.45, 2.75) is 19.8 Å². The minimum absolute atomic E-state index is 0.0898. The number of nitrogens with two attached hydrogens (primary N) is 1. The van der Waals surface area contributed by atoms with Gasteiger partial charge in [-0.25, -0.2) is 9.97 Å². The Labute approximate surface area is 116 Å². The van der Waals surface area contributed by atoms with Gasteiger partial charge in [0, 0.05) is 0 Å². The summed E-state index contributed by atoms with van der Waals surface area (Å²) in [6, 6.07) is 7.84. The van der Waals surface area contributed by atoms with Crippen LogP contribution in [0.25, 0.3) is 0 Å². The van der Waals surface area contributed by atoms with Gasteiger partial charge in [-0.1, -0.05) is 30.6 Å². The molecule has 0 spiro atoms. The lowest BCUT2D eigenvalue weighted by Crippen LogP contribution is -2.15. The van der Waals surface area contributed by atoms with Crippen LogP contribution in [0.2, 0.25) is 0 Å². The average molecular weight is 272 g/mol.